The van der Waals surface area contributed by atoms with Crippen molar-refractivity contribution in [3.8, 4) is 0 Å². The van der Waals surface area contributed by atoms with Crippen molar-refractivity contribution in [1.29, 1.82) is 0 Å². The number of benzene rings is 2. The van der Waals surface area contributed by atoms with Crippen LogP contribution in [0, 0.1) is 0 Å². The van der Waals surface area contributed by atoms with Crippen LogP contribution in [-0.4, -0.2) is 90.5 Å². The van der Waals surface area contributed by atoms with Crippen molar-refractivity contribution < 1.29 is 26.3 Å². The lowest BCUT2D eigenvalue weighted by Gasteiger charge is -2.26. The maximum Gasteiger partial charge on any atom is 0.243 e. The fraction of sp³-hybridized carbons (Fsp3) is 0.364. The van der Waals surface area contributed by atoms with E-state index in [2.05, 4.69) is 10.2 Å². The molecule has 0 N–H and O–H groups in total. The molecule has 0 radical (unpaired) electrons. The number of sulfonamides is 2. The molecule has 4 rings (SSSR count). The molecule has 2 aliphatic heterocycles. The third kappa shape index (κ3) is 5.77. The fourth-order valence-electron chi connectivity index (χ4n) is 3.52. The van der Waals surface area contributed by atoms with Gasteiger partial charge in [-0.3, -0.25) is 0 Å². The fourth-order valence-corrected chi connectivity index (χ4v) is 6.34. The second-order valence-corrected chi connectivity index (χ2v) is 11.5. The van der Waals surface area contributed by atoms with Gasteiger partial charge >= 0.3 is 0 Å². The first-order valence-electron chi connectivity index (χ1n) is 10.8. The van der Waals surface area contributed by atoms with Gasteiger partial charge in [0.2, 0.25) is 20.0 Å². The molecule has 0 atom stereocenters. The van der Waals surface area contributed by atoms with Gasteiger partial charge in [0.25, 0.3) is 0 Å². The average Bonchev–Trinajstić information content (AvgIpc) is 2.88. The Morgan fingerprint density at radius 2 is 0.912 bits per heavy atom. The van der Waals surface area contributed by atoms with Crippen molar-refractivity contribution in [3.63, 3.8) is 0 Å². The molecule has 2 aliphatic rings. The second kappa shape index (κ2) is 10.8. The standard InChI is InChI=1S/C22H26N4O6S2/c27-33(28,25-9-13-31-14-10-25)21-5-1-19(2-6-21)17-23-24-18-20-3-7-22(8-4-20)34(29,30)26-11-15-32-16-12-26/h1-8,17-18H,9-16H2/b23-17-,24-18-. The molecule has 34 heavy (non-hydrogen) atoms. The van der Waals surface area contributed by atoms with Gasteiger partial charge in [0.05, 0.1) is 48.6 Å². The van der Waals surface area contributed by atoms with Crippen LogP contribution in [0.25, 0.3) is 0 Å². The van der Waals surface area contributed by atoms with E-state index in [0.29, 0.717) is 63.7 Å². The topological polar surface area (TPSA) is 118 Å². The SMILES string of the molecule is O=S(=O)(c1ccc(/C=N\N=C/c2ccc(S(=O)(=O)N3CCOCC3)cc2)cc1)N1CCOCC1. The van der Waals surface area contributed by atoms with Gasteiger partial charge in [-0.25, -0.2) is 16.8 Å². The Hall–Kier alpha value is -2.48. The van der Waals surface area contributed by atoms with Gasteiger partial charge in [0.1, 0.15) is 0 Å². The first kappa shape index (κ1) is 24.6. The smallest absolute Gasteiger partial charge is 0.243 e. The first-order chi connectivity index (χ1) is 16.4. The van der Waals surface area contributed by atoms with Crippen LogP contribution in [0.5, 0.6) is 0 Å². The number of hydrogen-bond donors (Lipinski definition) is 0. The Balaban J connectivity index is 1.36. The van der Waals surface area contributed by atoms with E-state index >= 15 is 0 Å². The first-order valence-corrected chi connectivity index (χ1v) is 13.7. The lowest BCUT2D eigenvalue weighted by Crippen LogP contribution is -2.40. The largest absolute Gasteiger partial charge is 0.379 e. The molecule has 0 aliphatic carbocycles. The molecule has 0 spiro atoms. The summed E-state index contributed by atoms with van der Waals surface area (Å²) in [6.07, 6.45) is 3.03. The zero-order valence-corrected chi connectivity index (χ0v) is 20.1. The molecule has 0 bridgehead atoms. The second-order valence-electron chi connectivity index (χ2n) is 7.66. The quantitative estimate of drug-likeness (QED) is 0.411. The number of hydrogen-bond acceptors (Lipinski definition) is 8. The molecular formula is C22H26N4O6S2. The summed E-state index contributed by atoms with van der Waals surface area (Å²) in [7, 11) is -7.07. The van der Waals surface area contributed by atoms with Crippen molar-refractivity contribution in [2.45, 2.75) is 9.79 Å². The Bertz CT molecular complexity index is 1130. The molecule has 0 unspecified atom stereocenters. The third-order valence-corrected chi connectivity index (χ3v) is 9.28. The van der Waals surface area contributed by atoms with Crippen LogP contribution in [0.3, 0.4) is 0 Å². The molecule has 2 fully saturated rings. The summed E-state index contributed by atoms with van der Waals surface area (Å²) in [6, 6.07) is 12.8. The van der Waals surface area contributed by atoms with Gasteiger partial charge in [-0.1, -0.05) is 24.3 Å². The van der Waals surface area contributed by atoms with E-state index in [1.54, 1.807) is 48.5 Å². The average molecular weight is 507 g/mol. The highest BCUT2D eigenvalue weighted by atomic mass is 32.2. The van der Waals surface area contributed by atoms with E-state index < -0.39 is 20.0 Å². The van der Waals surface area contributed by atoms with Crippen molar-refractivity contribution >= 4 is 32.5 Å². The highest BCUT2D eigenvalue weighted by molar-refractivity contribution is 7.89. The summed E-state index contributed by atoms with van der Waals surface area (Å²) in [6.45, 7) is 2.98. The molecule has 0 saturated carbocycles. The van der Waals surface area contributed by atoms with Gasteiger partial charge in [-0.2, -0.15) is 18.8 Å². The van der Waals surface area contributed by atoms with Crippen LogP contribution in [0.15, 0.2) is 68.5 Å². The predicted molar refractivity (Wildman–Crippen MR) is 127 cm³/mol. The molecule has 2 aromatic rings. The number of ether oxygens (including phenoxy) is 2. The molecule has 2 heterocycles. The Morgan fingerprint density at radius 1 is 0.588 bits per heavy atom. The van der Waals surface area contributed by atoms with Gasteiger partial charge in [-0.15, -0.1) is 0 Å². The third-order valence-electron chi connectivity index (χ3n) is 5.46. The van der Waals surface area contributed by atoms with Gasteiger partial charge in [0.15, 0.2) is 0 Å². The van der Waals surface area contributed by atoms with Crippen molar-refractivity contribution in [2.75, 3.05) is 52.6 Å². The van der Waals surface area contributed by atoms with E-state index in [4.69, 9.17) is 9.47 Å². The van der Waals surface area contributed by atoms with E-state index in [9.17, 15) is 16.8 Å². The van der Waals surface area contributed by atoms with E-state index in [-0.39, 0.29) is 9.79 Å². The Kier molecular flexibility index (Phi) is 7.86. The molecule has 10 nitrogen and oxygen atoms in total. The van der Waals surface area contributed by atoms with Gasteiger partial charge in [-0.05, 0) is 35.4 Å². The van der Waals surface area contributed by atoms with Crippen molar-refractivity contribution in [3.05, 3.63) is 59.7 Å². The summed E-state index contributed by atoms with van der Waals surface area (Å²) in [4.78, 5) is 0.448. The summed E-state index contributed by atoms with van der Waals surface area (Å²) >= 11 is 0. The molecule has 0 aromatic heterocycles. The van der Waals surface area contributed by atoms with Crippen LogP contribution in [0.1, 0.15) is 11.1 Å². The summed E-state index contributed by atoms with van der Waals surface area (Å²) in [5, 5.41) is 7.98. The molecule has 12 heteroatoms. The molecular weight excluding hydrogens is 480 g/mol. The lowest BCUT2D eigenvalue weighted by molar-refractivity contribution is 0.0730. The van der Waals surface area contributed by atoms with Gasteiger partial charge < -0.3 is 9.47 Å². The molecule has 2 aromatic carbocycles. The number of rotatable bonds is 7. The van der Waals surface area contributed by atoms with Crippen LogP contribution < -0.4 is 0 Å². The minimum absolute atomic E-state index is 0.224. The maximum atomic E-state index is 12.7. The highest BCUT2D eigenvalue weighted by Gasteiger charge is 2.27. The van der Waals surface area contributed by atoms with E-state index in [1.807, 2.05) is 0 Å². The van der Waals surface area contributed by atoms with Crippen molar-refractivity contribution in [2.24, 2.45) is 10.2 Å². The lowest BCUT2D eigenvalue weighted by atomic mass is 10.2. The van der Waals surface area contributed by atoms with Crippen LogP contribution >= 0.6 is 0 Å². The predicted octanol–water partition coefficient (Wildman–Crippen LogP) is 1.18. The summed E-state index contributed by atoms with van der Waals surface area (Å²) in [5.74, 6) is 0. The molecule has 2 saturated heterocycles. The van der Waals surface area contributed by atoms with Crippen LogP contribution in [0.2, 0.25) is 0 Å². The Morgan fingerprint density at radius 3 is 1.24 bits per heavy atom. The summed E-state index contributed by atoms with van der Waals surface area (Å²) in [5.41, 5.74) is 1.40. The van der Waals surface area contributed by atoms with E-state index in [1.165, 1.54) is 21.0 Å². The van der Waals surface area contributed by atoms with Gasteiger partial charge in [0, 0.05) is 26.2 Å². The monoisotopic (exact) mass is 506 g/mol. The van der Waals surface area contributed by atoms with E-state index in [0.717, 1.165) is 0 Å². The van der Waals surface area contributed by atoms with Crippen molar-refractivity contribution in [1.82, 2.24) is 8.61 Å². The zero-order chi connectivity index (χ0) is 24.0. The minimum atomic E-state index is -3.53. The normalized spacial score (nSPS) is 19.2. The zero-order valence-electron chi connectivity index (χ0n) is 18.5. The number of nitrogens with zero attached hydrogens (tertiary/aromatic N) is 4. The highest BCUT2D eigenvalue weighted by Crippen LogP contribution is 2.18. The minimum Gasteiger partial charge on any atom is -0.379 e. The number of morpholine rings is 2. The van der Waals surface area contributed by atoms with Crippen LogP contribution in [-0.2, 0) is 29.5 Å². The maximum absolute atomic E-state index is 12.7. The summed E-state index contributed by atoms with van der Waals surface area (Å²) < 4.78 is 63.9. The molecule has 182 valence electrons. The molecule has 0 amide bonds. The van der Waals surface area contributed by atoms with Crippen LogP contribution in [0.4, 0.5) is 0 Å². The Labute approximate surface area is 199 Å².